The molecule has 85 heavy (non-hydrogen) atoms. The molecule has 3 aliphatic heterocycles. The molecule has 0 radical (unpaired) electrons. The van der Waals surface area contributed by atoms with Gasteiger partial charge in [-0.3, -0.25) is 0 Å². The Morgan fingerprint density at radius 2 is 0.753 bits per heavy atom. The molecule has 0 aliphatic carbocycles. The topological polar surface area (TPSA) is 17.9 Å². The van der Waals surface area contributed by atoms with E-state index in [0.29, 0.717) is 0 Å². The predicted molar refractivity (Wildman–Crippen MR) is 359 cm³/mol. The zero-order chi connectivity index (χ0) is 56.0. The van der Waals surface area contributed by atoms with Crippen LogP contribution in [0.25, 0.3) is 49.7 Å². The fourth-order valence-corrected chi connectivity index (χ4v) is 14.8. The molecule has 0 saturated heterocycles. The smallest absolute Gasteiger partial charge is 0.252 e. The van der Waals surface area contributed by atoms with Crippen LogP contribution in [-0.4, -0.2) is 11.3 Å². The molecule has 0 atom stereocenters. The average Bonchev–Trinajstić information content (AvgIpc) is 1.43. The van der Waals surface area contributed by atoms with Crippen molar-refractivity contribution < 1.29 is 0 Å². The lowest BCUT2D eigenvalue weighted by molar-refractivity contribution is 1.12. The highest BCUT2D eigenvalue weighted by molar-refractivity contribution is 7.99. The Labute approximate surface area is 499 Å². The number of anilines is 12. The maximum absolute atomic E-state index is 2.61. The molecule has 17 rings (SSSR count). The van der Waals surface area contributed by atoms with Crippen molar-refractivity contribution in [1.29, 1.82) is 0 Å². The van der Waals surface area contributed by atoms with Crippen LogP contribution in [0.15, 0.2) is 325 Å². The molecule has 14 aromatic rings. The minimum atomic E-state index is -0.159. The highest BCUT2D eigenvalue weighted by Gasteiger charge is 2.46. The molecule has 7 heteroatoms. The summed E-state index contributed by atoms with van der Waals surface area (Å²) in [6.45, 7) is -0.159. The molecule has 398 valence electrons. The van der Waals surface area contributed by atoms with Crippen molar-refractivity contribution in [2.75, 3.05) is 19.6 Å². The van der Waals surface area contributed by atoms with Gasteiger partial charge < -0.3 is 24.2 Å². The molecule has 4 heterocycles. The van der Waals surface area contributed by atoms with Gasteiger partial charge in [-0.05, 0) is 137 Å². The number of fused-ring (bicyclic) bond motifs is 9. The van der Waals surface area contributed by atoms with E-state index in [0.717, 1.165) is 90.6 Å². The average molecular weight is 1100 g/mol. The van der Waals surface area contributed by atoms with Crippen molar-refractivity contribution in [3.05, 3.63) is 315 Å². The van der Waals surface area contributed by atoms with E-state index in [1.165, 1.54) is 53.5 Å². The zero-order valence-electron chi connectivity index (χ0n) is 46.2. The minimum absolute atomic E-state index is 0.159. The number of hydrogen-bond donors (Lipinski definition) is 0. The van der Waals surface area contributed by atoms with Crippen molar-refractivity contribution >= 4 is 125 Å². The highest BCUT2D eigenvalue weighted by atomic mass is 32.2. The summed E-state index contributed by atoms with van der Waals surface area (Å²) in [7, 11) is 0. The number of aromatic nitrogens is 1. The van der Waals surface area contributed by atoms with Crippen molar-refractivity contribution in [3.63, 3.8) is 0 Å². The Morgan fingerprint density at radius 1 is 0.282 bits per heavy atom. The molecule has 0 unspecified atom stereocenters. The van der Waals surface area contributed by atoms with E-state index < -0.39 is 0 Å². The zero-order valence-corrected chi connectivity index (χ0v) is 47.1. The number of rotatable bonds is 9. The Balaban J connectivity index is 0.977. The lowest BCUT2D eigenvalue weighted by atomic mass is 9.33. The minimum Gasteiger partial charge on any atom is -0.311 e. The van der Waals surface area contributed by atoms with Gasteiger partial charge in [-0.15, -0.1) is 0 Å². The first kappa shape index (κ1) is 48.9. The van der Waals surface area contributed by atoms with Gasteiger partial charge in [-0.1, -0.05) is 218 Å². The number of hydrogen-bond acceptors (Lipinski definition) is 5. The molecule has 5 nitrogen and oxygen atoms in total. The van der Waals surface area contributed by atoms with Gasteiger partial charge in [0.2, 0.25) is 0 Å². The van der Waals surface area contributed by atoms with Gasteiger partial charge in [-0.25, -0.2) is 0 Å². The first-order chi connectivity index (χ1) is 42.2. The SMILES string of the molecule is c1ccc(-c2ccccc2N2c3ccc(-n4c5ccccc5c5ccccc54)cc3Sc3cc4c(cc32)B2c3ccccc3N(c3ccccc3)c3cc(N(c5ccccc5)c5ccccc5)cc(c32)N4c2ccccc2-c2ccccc2)cc1. The van der Waals surface area contributed by atoms with E-state index in [2.05, 4.69) is 340 Å². The third-order valence-electron chi connectivity index (χ3n) is 17.3. The number of nitrogens with zero attached hydrogens (tertiary/aromatic N) is 5. The summed E-state index contributed by atoms with van der Waals surface area (Å²) in [5.41, 5.74) is 25.2. The van der Waals surface area contributed by atoms with Crippen LogP contribution in [0.3, 0.4) is 0 Å². The van der Waals surface area contributed by atoms with Gasteiger partial charge in [0, 0.05) is 77.2 Å². The molecule has 0 saturated carbocycles. The van der Waals surface area contributed by atoms with Crippen LogP contribution < -0.4 is 36.0 Å². The van der Waals surface area contributed by atoms with Crippen molar-refractivity contribution in [2.45, 2.75) is 9.79 Å². The lowest BCUT2D eigenvalue weighted by Crippen LogP contribution is -2.61. The molecule has 0 spiro atoms. The fraction of sp³-hybridized carbons (Fsp3) is 0. The normalized spacial score (nSPS) is 12.8. The van der Waals surface area contributed by atoms with Gasteiger partial charge in [0.1, 0.15) is 0 Å². The van der Waals surface area contributed by atoms with Crippen LogP contribution in [0.5, 0.6) is 0 Å². The van der Waals surface area contributed by atoms with Crippen molar-refractivity contribution in [2.24, 2.45) is 0 Å². The summed E-state index contributed by atoms with van der Waals surface area (Å²) in [6.07, 6.45) is 0. The fourth-order valence-electron chi connectivity index (χ4n) is 13.7. The van der Waals surface area contributed by atoms with Crippen LogP contribution in [0.4, 0.5) is 68.2 Å². The highest BCUT2D eigenvalue weighted by Crippen LogP contribution is 2.57. The van der Waals surface area contributed by atoms with E-state index in [9.17, 15) is 0 Å². The molecule has 3 aliphatic rings. The van der Waals surface area contributed by atoms with Crippen LogP contribution >= 0.6 is 11.8 Å². The van der Waals surface area contributed by atoms with Gasteiger partial charge in [0.05, 0.1) is 39.5 Å². The molecule has 0 fully saturated rings. The van der Waals surface area contributed by atoms with E-state index in [1.807, 2.05) is 11.8 Å². The summed E-state index contributed by atoms with van der Waals surface area (Å²) in [5.74, 6) is 0. The second-order valence-electron chi connectivity index (χ2n) is 22.0. The Morgan fingerprint density at radius 3 is 1.35 bits per heavy atom. The monoisotopic (exact) mass is 1100 g/mol. The lowest BCUT2D eigenvalue weighted by Gasteiger charge is -2.46. The van der Waals surface area contributed by atoms with Gasteiger partial charge in [-0.2, -0.15) is 0 Å². The van der Waals surface area contributed by atoms with Crippen LogP contribution in [-0.2, 0) is 0 Å². The predicted octanol–water partition coefficient (Wildman–Crippen LogP) is 19.6. The third-order valence-corrected chi connectivity index (χ3v) is 18.4. The number of benzene rings is 13. The van der Waals surface area contributed by atoms with Crippen LogP contribution in [0, 0.1) is 0 Å². The molecule has 0 N–H and O–H groups in total. The summed E-state index contributed by atoms with van der Waals surface area (Å²) >= 11 is 1.87. The molecule has 0 bridgehead atoms. The summed E-state index contributed by atoms with van der Waals surface area (Å²) < 4.78 is 2.44. The van der Waals surface area contributed by atoms with Crippen LogP contribution in [0.2, 0.25) is 0 Å². The standard InChI is InChI=1S/C78H52BN5S/c1-6-26-53(27-7-1)60-36-16-21-41-66(60)83-71-47-46-58(82-68-43-23-18-38-62(68)63-39-19-24-44-69(63)82)50-76(71)85-77-52-72-65(51-73(77)83)79-64-40-20-25-45-70(64)81(57-34-14-5-15-35-57)74-48-59(80(55-30-10-3-11-31-55)56-32-12-4-13-33-56)49-75(78(74)79)84(72)67-42-22-17-37-61(67)54-28-8-2-9-29-54/h1-52H. The molecule has 13 aromatic carbocycles. The Bertz CT molecular complexity index is 4810. The van der Waals surface area contributed by atoms with Crippen molar-refractivity contribution in [3.8, 4) is 27.9 Å². The quantitative estimate of drug-likeness (QED) is 0.134. The summed E-state index contributed by atoms with van der Waals surface area (Å²) in [6, 6.07) is 116. The van der Waals surface area contributed by atoms with Gasteiger partial charge in [0.15, 0.2) is 0 Å². The first-order valence-electron chi connectivity index (χ1n) is 29.1. The van der Waals surface area contributed by atoms with E-state index >= 15 is 0 Å². The Hall–Kier alpha value is -10.7. The maximum Gasteiger partial charge on any atom is 0.252 e. The summed E-state index contributed by atoms with van der Waals surface area (Å²) in [5, 5.41) is 2.49. The van der Waals surface area contributed by atoms with E-state index in [-0.39, 0.29) is 6.71 Å². The summed E-state index contributed by atoms with van der Waals surface area (Å²) in [4.78, 5) is 12.4. The van der Waals surface area contributed by atoms with E-state index in [4.69, 9.17) is 0 Å². The molecular weight excluding hydrogens is 1050 g/mol. The Kier molecular flexibility index (Phi) is 11.5. The van der Waals surface area contributed by atoms with Gasteiger partial charge in [0.25, 0.3) is 6.71 Å². The second-order valence-corrected chi connectivity index (χ2v) is 23.1. The molecule has 1 aromatic heterocycles. The van der Waals surface area contributed by atoms with Gasteiger partial charge >= 0.3 is 0 Å². The van der Waals surface area contributed by atoms with Crippen molar-refractivity contribution in [1.82, 2.24) is 4.57 Å². The second kappa shape index (κ2) is 20.0. The maximum atomic E-state index is 2.61. The number of para-hydroxylation sites is 8. The first-order valence-corrected chi connectivity index (χ1v) is 29.9. The molecular formula is C78H52BN5S. The van der Waals surface area contributed by atoms with E-state index in [1.54, 1.807) is 0 Å². The third kappa shape index (κ3) is 7.89. The largest absolute Gasteiger partial charge is 0.311 e. The molecule has 0 amide bonds. The van der Waals surface area contributed by atoms with Crippen LogP contribution in [0.1, 0.15) is 0 Å².